The number of sulfonamides is 2. The van der Waals surface area contributed by atoms with Crippen LogP contribution in [0.15, 0.2) is 21.9 Å². The smallest absolute Gasteiger partial charge is 0.244 e. The molecular weight excluding hydrogens is 480 g/mol. The number of fused-ring (bicyclic) bond motifs is 1. The first-order valence-electron chi connectivity index (χ1n) is 8.03. The van der Waals surface area contributed by atoms with Gasteiger partial charge in [-0.05, 0) is 25.0 Å². The molecule has 13 heteroatoms. The fraction of sp³-hybridized carbons (Fsp3) is 0.571. The number of nitrogens with one attached hydrogen (secondary N) is 2. The number of alkyl halides is 3. The number of halogens is 4. The van der Waals surface area contributed by atoms with Gasteiger partial charge < -0.3 is 5.32 Å². The molecule has 27 heavy (non-hydrogen) atoms. The van der Waals surface area contributed by atoms with E-state index >= 15 is 0 Å². The van der Waals surface area contributed by atoms with Crippen LogP contribution in [0.5, 0.6) is 0 Å². The largest absolute Gasteiger partial charge is 0.364 e. The quantitative estimate of drug-likeness (QED) is 0.584. The number of rotatable bonds is 6. The van der Waals surface area contributed by atoms with Crippen LogP contribution < -0.4 is 10.0 Å². The van der Waals surface area contributed by atoms with E-state index in [-0.39, 0.29) is 20.5 Å². The molecule has 0 amide bonds. The molecule has 0 radical (unpaired) electrons. The summed E-state index contributed by atoms with van der Waals surface area (Å²) in [4.78, 5) is -0.576. The van der Waals surface area contributed by atoms with E-state index in [9.17, 15) is 16.8 Å². The van der Waals surface area contributed by atoms with Gasteiger partial charge in [0.1, 0.15) is 16.0 Å². The molecule has 1 unspecified atom stereocenters. The Morgan fingerprint density at radius 1 is 1.15 bits per heavy atom. The molecule has 1 aromatic carbocycles. The molecule has 7 nitrogen and oxygen atoms in total. The molecule has 1 heterocycles. The Labute approximate surface area is 179 Å². The van der Waals surface area contributed by atoms with Gasteiger partial charge in [-0.1, -0.05) is 60.3 Å². The van der Waals surface area contributed by atoms with Crippen molar-refractivity contribution in [3.8, 4) is 0 Å². The van der Waals surface area contributed by atoms with Gasteiger partial charge in [0.25, 0.3) is 0 Å². The molecule has 0 saturated heterocycles. The number of hydrogen-bond acceptors (Lipinski definition) is 5. The molecule has 2 rings (SSSR count). The Morgan fingerprint density at radius 2 is 1.70 bits per heavy atom. The first kappa shape index (κ1) is 23.3. The Bertz CT molecular complexity index is 911. The van der Waals surface area contributed by atoms with Crippen molar-refractivity contribution in [1.29, 1.82) is 0 Å². The highest BCUT2D eigenvalue weighted by Crippen LogP contribution is 2.39. The monoisotopic (exact) mass is 497 g/mol. The van der Waals surface area contributed by atoms with Gasteiger partial charge in [-0.2, -0.15) is 9.03 Å². The Balaban J connectivity index is 2.59. The van der Waals surface area contributed by atoms with Crippen LogP contribution in [0.4, 0.5) is 5.69 Å². The second-order valence-corrected chi connectivity index (χ2v) is 12.3. The van der Waals surface area contributed by atoms with Crippen molar-refractivity contribution in [2.45, 2.75) is 46.4 Å². The number of anilines is 1. The van der Waals surface area contributed by atoms with E-state index in [1.807, 2.05) is 13.8 Å². The third-order valence-corrected chi connectivity index (χ3v) is 8.27. The molecule has 2 N–H and O–H groups in total. The van der Waals surface area contributed by atoms with Crippen LogP contribution >= 0.6 is 46.4 Å². The fourth-order valence-electron chi connectivity index (χ4n) is 2.61. The van der Waals surface area contributed by atoms with E-state index < -0.39 is 30.0 Å². The maximum atomic E-state index is 13.0. The van der Waals surface area contributed by atoms with Crippen LogP contribution in [-0.2, 0) is 20.0 Å². The zero-order valence-corrected chi connectivity index (χ0v) is 19.1. The van der Waals surface area contributed by atoms with Gasteiger partial charge in [0.05, 0.1) is 10.7 Å². The summed E-state index contributed by atoms with van der Waals surface area (Å²) in [6, 6.07) is 2.23. The van der Waals surface area contributed by atoms with E-state index in [1.165, 1.54) is 10.4 Å². The molecule has 0 fully saturated rings. The van der Waals surface area contributed by atoms with Crippen LogP contribution in [0.1, 0.15) is 26.7 Å². The summed E-state index contributed by atoms with van der Waals surface area (Å²) in [6.07, 6.45) is -0.0300. The van der Waals surface area contributed by atoms with Crippen LogP contribution in [0.25, 0.3) is 0 Å². The lowest BCUT2D eigenvalue weighted by atomic mass is 10.3. The Kier molecular flexibility index (Phi) is 7.24. The Hall–Kier alpha value is -0.000000000000000111. The summed E-state index contributed by atoms with van der Waals surface area (Å²) < 4.78 is 52.6. The maximum absolute atomic E-state index is 13.0. The predicted molar refractivity (Wildman–Crippen MR) is 109 cm³/mol. The minimum atomic E-state index is -4.13. The van der Waals surface area contributed by atoms with Gasteiger partial charge in [0.15, 0.2) is 0 Å². The summed E-state index contributed by atoms with van der Waals surface area (Å²) in [5.41, 5.74) is 0.0477. The highest BCUT2D eigenvalue weighted by molar-refractivity contribution is 7.90. The number of hydrogen-bond donors (Lipinski definition) is 2. The highest BCUT2D eigenvalue weighted by Gasteiger charge is 2.42. The Morgan fingerprint density at radius 3 is 2.19 bits per heavy atom. The molecule has 0 aromatic heterocycles. The molecule has 0 saturated carbocycles. The summed E-state index contributed by atoms with van der Waals surface area (Å²) in [5.74, 6) is 0. The van der Waals surface area contributed by atoms with E-state index in [0.717, 1.165) is 6.07 Å². The van der Waals surface area contributed by atoms with Gasteiger partial charge >= 0.3 is 0 Å². The third-order valence-electron chi connectivity index (χ3n) is 3.79. The zero-order chi connectivity index (χ0) is 20.6. The van der Waals surface area contributed by atoms with Crippen LogP contribution in [0.2, 0.25) is 5.02 Å². The molecular formula is C14H19Cl4N3O4S2. The lowest BCUT2D eigenvalue weighted by Crippen LogP contribution is -2.52. The molecule has 1 aliphatic rings. The van der Waals surface area contributed by atoms with Crippen LogP contribution in [0.3, 0.4) is 0 Å². The summed E-state index contributed by atoms with van der Waals surface area (Å²) >= 11 is 23.5. The minimum absolute atomic E-state index is 0.0477. The van der Waals surface area contributed by atoms with E-state index in [1.54, 1.807) is 0 Å². The topological polar surface area (TPSA) is 95.6 Å². The molecule has 0 aliphatic carbocycles. The SMILES string of the molecule is CCCN(CCC)S(=O)(=O)c1cc2c(cc1Cl)NC(C(Cl)(Cl)Cl)NS2(=O)=O. The number of nitrogens with zero attached hydrogens (tertiary/aromatic N) is 1. The lowest BCUT2D eigenvalue weighted by Gasteiger charge is -2.32. The zero-order valence-electron chi connectivity index (χ0n) is 14.5. The highest BCUT2D eigenvalue weighted by atomic mass is 35.6. The first-order valence-corrected chi connectivity index (χ1v) is 12.5. The standard InChI is InChI=1S/C14H19Cl4N3O4S2/c1-3-5-21(6-4-2)27(24,25)11-8-12-10(7-9(11)15)19-13(14(16,17)18)20-26(12,22)23/h7-8,13,19-20H,3-6H2,1-2H3. The van der Waals surface area contributed by atoms with Gasteiger partial charge in [-0.3, -0.25) is 0 Å². The molecule has 1 aromatic rings. The van der Waals surface area contributed by atoms with Gasteiger partial charge in [0, 0.05) is 13.1 Å². The van der Waals surface area contributed by atoms with Crippen molar-refractivity contribution in [2.75, 3.05) is 18.4 Å². The average Bonchev–Trinajstić information content (AvgIpc) is 2.52. The van der Waals surface area contributed by atoms with Crippen LogP contribution in [0, 0.1) is 0 Å². The number of benzene rings is 1. The van der Waals surface area contributed by atoms with Crippen molar-refractivity contribution in [3.63, 3.8) is 0 Å². The molecule has 1 aliphatic heterocycles. The van der Waals surface area contributed by atoms with Crippen molar-refractivity contribution in [3.05, 3.63) is 17.2 Å². The molecule has 0 bridgehead atoms. The van der Waals surface area contributed by atoms with Crippen LogP contribution in [-0.4, -0.2) is 44.2 Å². The first-order chi connectivity index (χ1) is 12.3. The van der Waals surface area contributed by atoms with Gasteiger partial charge in [-0.25, -0.2) is 16.8 Å². The van der Waals surface area contributed by atoms with Crippen molar-refractivity contribution in [2.24, 2.45) is 0 Å². The van der Waals surface area contributed by atoms with Gasteiger partial charge in [-0.15, -0.1) is 0 Å². The minimum Gasteiger partial charge on any atom is -0.364 e. The third kappa shape index (κ3) is 4.95. The second-order valence-electron chi connectivity index (χ2n) is 5.92. The second kappa shape index (κ2) is 8.39. The van der Waals surface area contributed by atoms with Crippen molar-refractivity contribution < 1.29 is 16.8 Å². The summed E-state index contributed by atoms with van der Waals surface area (Å²) in [7, 11) is -8.11. The maximum Gasteiger partial charge on any atom is 0.244 e. The lowest BCUT2D eigenvalue weighted by molar-refractivity contribution is 0.410. The van der Waals surface area contributed by atoms with E-state index in [2.05, 4.69) is 10.0 Å². The molecule has 154 valence electrons. The van der Waals surface area contributed by atoms with E-state index in [4.69, 9.17) is 46.4 Å². The summed E-state index contributed by atoms with van der Waals surface area (Å²) in [6.45, 7) is 4.29. The normalized spacial score (nSPS) is 19.6. The van der Waals surface area contributed by atoms with Crippen molar-refractivity contribution in [1.82, 2.24) is 9.03 Å². The summed E-state index contributed by atoms with van der Waals surface area (Å²) in [5, 5.41) is 2.59. The van der Waals surface area contributed by atoms with Gasteiger partial charge in [0.2, 0.25) is 23.8 Å². The van der Waals surface area contributed by atoms with E-state index in [0.29, 0.717) is 25.9 Å². The fourth-order valence-corrected chi connectivity index (χ4v) is 6.71. The average molecular weight is 499 g/mol. The molecule has 1 atom stereocenters. The molecule has 0 spiro atoms. The predicted octanol–water partition coefficient (Wildman–Crippen LogP) is 3.55. The van der Waals surface area contributed by atoms with Crippen molar-refractivity contribution >= 4 is 72.1 Å².